The van der Waals surface area contributed by atoms with Crippen LogP contribution in [-0.4, -0.2) is 8.83 Å². The van der Waals surface area contributed by atoms with Crippen LogP contribution in [0.1, 0.15) is 37.3 Å². The Morgan fingerprint density at radius 1 is 1.38 bits per heavy atom. The molecule has 1 unspecified atom stereocenters. The zero-order valence-electron chi connectivity index (χ0n) is 8.39. The topological polar surface area (TPSA) is 0 Å². The van der Waals surface area contributed by atoms with Gasteiger partial charge in [-0.2, -0.15) is 11.1 Å². The number of rotatable bonds is 4. The van der Waals surface area contributed by atoms with Crippen LogP contribution in [-0.2, 0) is 6.04 Å². The number of halogens is 1. The summed E-state index contributed by atoms with van der Waals surface area (Å²) in [5.74, 6) is 0.674. The molecule has 0 aliphatic rings. The van der Waals surface area contributed by atoms with Crippen LogP contribution in [0.25, 0.3) is 0 Å². The summed E-state index contributed by atoms with van der Waals surface area (Å²) in [5.41, 5.74) is 2.97. The fraction of sp³-hybridized carbons (Fsp3) is 0.455. The van der Waals surface area contributed by atoms with Gasteiger partial charge in [0.2, 0.25) is 0 Å². The molecule has 0 spiro atoms. The Kier molecular flexibility index (Phi) is 4.53. The van der Waals surface area contributed by atoms with Gasteiger partial charge in [0, 0.05) is 0 Å². The summed E-state index contributed by atoms with van der Waals surface area (Å²) < 4.78 is 0. The lowest BCUT2D eigenvalue weighted by Gasteiger charge is -2.13. The average Bonchev–Trinajstić information content (AvgIpc) is 2.18. The largest absolute Gasteiger partial charge is 0.176 e. The third-order valence-electron chi connectivity index (χ3n) is 2.56. The van der Waals surface area contributed by atoms with Crippen molar-refractivity contribution >= 4 is 19.9 Å². The Bertz CT molecular complexity index is 260. The van der Waals surface area contributed by atoms with Gasteiger partial charge in [-0.1, -0.05) is 38.1 Å². The molecule has 0 radical (unpaired) electrons. The fourth-order valence-corrected chi connectivity index (χ4v) is 2.83. The van der Waals surface area contributed by atoms with Crippen molar-refractivity contribution in [2.75, 3.05) is 0 Å². The quantitative estimate of drug-likeness (QED) is 0.532. The van der Waals surface area contributed by atoms with Gasteiger partial charge >= 0.3 is 0 Å². The van der Waals surface area contributed by atoms with Crippen molar-refractivity contribution < 1.29 is 0 Å². The van der Waals surface area contributed by atoms with E-state index in [4.69, 9.17) is 11.1 Å². The second-order valence-electron chi connectivity index (χ2n) is 3.45. The van der Waals surface area contributed by atoms with Crippen molar-refractivity contribution in [3.05, 3.63) is 35.4 Å². The Labute approximate surface area is 87.8 Å². The van der Waals surface area contributed by atoms with Crippen LogP contribution in [0.4, 0.5) is 0 Å². The minimum atomic E-state index is -0.373. The molecule has 0 saturated carbocycles. The molecular weight excluding hydrogens is 196 g/mol. The van der Waals surface area contributed by atoms with Crippen molar-refractivity contribution in [1.82, 2.24) is 0 Å². The van der Waals surface area contributed by atoms with Crippen molar-refractivity contribution in [3.63, 3.8) is 0 Å². The van der Waals surface area contributed by atoms with E-state index in [1.807, 2.05) is 0 Å². The summed E-state index contributed by atoms with van der Waals surface area (Å²) in [7, 11) is -0.373. The summed E-state index contributed by atoms with van der Waals surface area (Å²) >= 11 is 5.89. The van der Waals surface area contributed by atoms with E-state index in [0.29, 0.717) is 5.92 Å². The van der Waals surface area contributed by atoms with Crippen molar-refractivity contribution in [2.45, 2.75) is 32.2 Å². The first-order valence-corrected chi connectivity index (χ1v) is 8.07. The highest BCUT2D eigenvalue weighted by Crippen LogP contribution is 2.22. The number of hydrogen-bond donors (Lipinski definition) is 0. The minimum Gasteiger partial charge on any atom is -0.176 e. The molecule has 1 aromatic carbocycles. The van der Waals surface area contributed by atoms with Crippen LogP contribution in [0.3, 0.4) is 0 Å². The highest BCUT2D eigenvalue weighted by atomic mass is 35.6. The van der Waals surface area contributed by atoms with Gasteiger partial charge in [0.1, 0.15) is 8.83 Å². The first-order valence-electron chi connectivity index (χ1n) is 4.93. The maximum Gasteiger partial charge on any atom is 0.129 e. The van der Waals surface area contributed by atoms with E-state index in [1.54, 1.807) is 0 Å². The van der Waals surface area contributed by atoms with Gasteiger partial charge in [-0.25, -0.2) is 0 Å². The molecule has 2 heteroatoms. The van der Waals surface area contributed by atoms with Gasteiger partial charge in [-0.15, -0.1) is 0 Å². The van der Waals surface area contributed by atoms with E-state index in [-0.39, 0.29) is 8.83 Å². The highest BCUT2D eigenvalue weighted by molar-refractivity contribution is 6.93. The predicted molar refractivity (Wildman–Crippen MR) is 63.2 cm³/mol. The average molecular weight is 213 g/mol. The Morgan fingerprint density at radius 2 is 2.08 bits per heavy atom. The van der Waals surface area contributed by atoms with Crippen molar-refractivity contribution in [1.29, 1.82) is 0 Å². The summed E-state index contributed by atoms with van der Waals surface area (Å²) in [6.07, 6.45) is 1.21. The first-order chi connectivity index (χ1) is 6.29. The molecule has 0 bridgehead atoms. The van der Waals surface area contributed by atoms with E-state index < -0.39 is 0 Å². The lowest BCUT2D eigenvalue weighted by atomic mass is 9.94. The molecule has 0 saturated heterocycles. The maximum absolute atomic E-state index is 5.89. The Hall–Kier alpha value is -0.273. The molecule has 0 amide bonds. The molecule has 0 fully saturated rings. The fourth-order valence-electron chi connectivity index (χ4n) is 1.56. The molecule has 1 rings (SSSR count). The molecule has 0 aromatic heterocycles. The summed E-state index contributed by atoms with van der Waals surface area (Å²) in [6.45, 7) is 4.52. The van der Waals surface area contributed by atoms with Gasteiger partial charge in [0.15, 0.2) is 0 Å². The predicted octanol–water partition coefficient (Wildman–Crippen LogP) is 3.02. The van der Waals surface area contributed by atoms with Gasteiger partial charge < -0.3 is 0 Å². The van der Waals surface area contributed by atoms with E-state index in [9.17, 15) is 0 Å². The maximum atomic E-state index is 5.89. The summed E-state index contributed by atoms with van der Waals surface area (Å²) in [4.78, 5) is 0. The van der Waals surface area contributed by atoms with Crippen LogP contribution in [0, 0.1) is 0 Å². The Balaban J connectivity index is 2.90. The summed E-state index contributed by atoms with van der Waals surface area (Å²) in [5, 5.41) is 0. The Morgan fingerprint density at radius 3 is 2.69 bits per heavy atom. The zero-order valence-corrected chi connectivity index (χ0v) is 10.6. The van der Waals surface area contributed by atoms with Crippen molar-refractivity contribution in [2.24, 2.45) is 0 Å². The van der Waals surface area contributed by atoms with Gasteiger partial charge in [0.25, 0.3) is 0 Å². The molecule has 1 atom stereocenters. The van der Waals surface area contributed by atoms with Crippen LogP contribution in [0.5, 0.6) is 0 Å². The van der Waals surface area contributed by atoms with E-state index in [0.717, 1.165) is 6.04 Å². The molecule has 0 N–H and O–H groups in total. The first kappa shape index (κ1) is 10.8. The molecular formula is C11H17ClSi. The van der Waals surface area contributed by atoms with E-state index >= 15 is 0 Å². The lowest BCUT2D eigenvalue weighted by Crippen LogP contribution is -2.00. The minimum absolute atomic E-state index is 0.373. The molecule has 1 aromatic rings. The number of benzene rings is 1. The lowest BCUT2D eigenvalue weighted by molar-refractivity contribution is 0.727. The highest BCUT2D eigenvalue weighted by Gasteiger charge is 2.07. The summed E-state index contributed by atoms with van der Waals surface area (Å²) in [6, 6.07) is 9.83. The molecule has 13 heavy (non-hydrogen) atoms. The SMILES string of the molecule is CCC(C)c1ccccc1C[SiH2]Cl. The molecule has 0 aliphatic carbocycles. The van der Waals surface area contributed by atoms with Crippen molar-refractivity contribution in [3.8, 4) is 0 Å². The number of hydrogen-bond acceptors (Lipinski definition) is 0. The standard InChI is InChI=1S/C11H17ClSi/c1-3-9(2)11-7-5-4-6-10(11)8-13-12/h4-7,9H,3,8,13H2,1-2H3. The monoisotopic (exact) mass is 212 g/mol. The third kappa shape index (κ3) is 2.85. The molecule has 0 heterocycles. The third-order valence-corrected chi connectivity index (χ3v) is 3.86. The van der Waals surface area contributed by atoms with E-state index in [1.165, 1.54) is 17.5 Å². The van der Waals surface area contributed by atoms with E-state index in [2.05, 4.69) is 38.1 Å². The molecule has 72 valence electrons. The van der Waals surface area contributed by atoms with Gasteiger partial charge in [0.05, 0.1) is 0 Å². The van der Waals surface area contributed by atoms with Crippen LogP contribution >= 0.6 is 11.1 Å². The second-order valence-corrected chi connectivity index (χ2v) is 5.46. The smallest absolute Gasteiger partial charge is 0.129 e. The van der Waals surface area contributed by atoms with Gasteiger partial charge in [-0.3, -0.25) is 0 Å². The van der Waals surface area contributed by atoms with Crippen LogP contribution < -0.4 is 0 Å². The normalized spacial score (nSPS) is 13.8. The second kappa shape index (κ2) is 5.46. The molecule has 0 aliphatic heterocycles. The van der Waals surface area contributed by atoms with Crippen LogP contribution in [0.2, 0.25) is 0 Å². The van der Waals surface area contributed by atoms with Crippen LogP contribution in [0.15, 0.2) is 24.3 Å². The van der Waals surface area contributed by atoms with Gasteiger partial charge in [-0.05, 0) is 29.5 Å². The zero-order chi connectivity index (χ0) is 9.68. The molecule has 0 nitrogen and oxygen atoms in total.